The number of hydrogen-bond donors (Lipinski definition) is 2. The predicted octanol–water partition coefficient (Wildman–Crippen LogP) is 3.65. The standard InChI is InChI=1S/C21H21FN4O3S/c1-14-4-10-18(30(28,29)25-16-7-5-15(22)6-8-16)12-19(14)21(27)24-17-9-11-20(23-13-17)26(2)3/h4-13,25H,1-3H3,(H,24,27). The second-order valence-corrected chi connectivity index (χ2v) is 8.53. The van der Waals surface area contributed by atoms with Crippen molar-refractivity contribution in [1.29, 1.82) is 0 Å². The van der Waals surface area contributed by atoms with Crippen molar-refractivity contribution in [2.24, 2.45) is 0 Å². The van der Waals surface area contributed by atoms with Gasteiger partial charge in [-0.25, -0.2) is 17.8 Å². The molecule has 1 amide bonds. The summed E-state index contributed by atoms with van der Waals surface area (Å²) >= 11 is 0. The van der Waals surface area contributed by atoms with E-state index in [2.05, 4.69) is 15.0 Å². The van der Waals surface area contributed by atoms with Crippen molar-refractivity contribution in [3.63, 3.8) is 0 Å². The highest BCUT2D eigenvalue weighted by Crippen LogP contribution is 2.21. The first-order valence-electron chi connectivity index (χ1n) is 8.99. The Morgan fingerprint density at radius 2 is 1.67 bits per heavy atom. The summed E-state index contributed by atoms with van der Waals surface area (Å²) in [5.41, 5.74) is 1.54. The number of nitrogens with zero attached hydrogens (tertiary/aromatic N) is 2. The average molecular weight is 428 g/mol. The van der Waals surface area contributed by atoms with Crippen LogP contribution in [0.3, 0.4) is 0 Å². The van der Waals surface area contributed by atoms with Gasteiger partial charge in [-0.1, -0.05) is 6.07 Å². The molecule has 0 spiro atoms. The molecule has 7 nitrogen and oxygen atoms in total. The molecule has 156 valence electrons. The third kappa shape index (κ3) is 4.93. The summed E-state index contributed by atoms with van der Waals surface area (Å²) in [4.78, 5) is 18.7. The number of anilines is 3. The van der Waals surface area contributed by atoms with Crippen LogP contribution in [-0.2, 0) is 10.0 Å². The Balaban J connectivity index is 1.83. The molecule has 0 aliphatic rings. The number of sulfonamides is 1. The molecule has 0 unspecified atom stereocenters. The molecule has 0 fully saturated rings. The van der Waals surface area contributed by atoms with E-state index in [9.17, 15) is 17.6 Å². The summed E-state index contributed by atoms with van der Waals surface area (Å²) in [5.74, 6) is -0.185. The third-order valence-corrected chi connectivity index (χ3v) is 5.70. The Morgan fingerprint density at radius 1 is 1.00 bits per heavy atom. The predicted molar refractivity (Wildman–Crippen MR) is 115 cm³/mol. The average Bonchev–Trinajstić information content (AvgIpc) is 2.70. The Hall–Kier alpha value is -3.46. The maximum Gasteiger partial charge on any atom is 0.261 e. The van der Waals surface area contributed by atoms with E-state index < -0.39 is 21.7 Å². The minimum absolute atomic E-state index is 0.0799. The molecule has 2 aromatic carbocycles. The molecule has 0 aliphatic carbocycles. The number of rotatable bonds is 6. The van der Waals surface area contributed by atoms with E-state index in [-0.39, 0.29) is 16.1 Å². The maximum atomic E-state index is 13.0. The van der Waals surface area contributed by atoms with Crippen molar-refractivity contribution in [2.75, 3.05) is 29.0 Å². The van der Waals surface area contributed by atoms with Crippen LogP contribution in [0.15, 0.2) is 65.7 Å². The monoisotopic (exact) mass is 428 g/mol. The fourth-order valence-electron chi connectivity index (χ4n) is 2.67. The van der Waals surface area contributed by atoms with Gasteiger partial charge in [0.2, 0.25) is 0 Å². The van der Waals surface area contributed by atoms with Crippen LogP contribution in [0, 0.1) is 12.7 Å². The summed E-state index contributed by atoms with van der Waals surface area (Å²) in [5, 5.41) is 2.72. The van der Waals surface area contributed by atoms with E-state index in [1.807, 2.05) is 19.0 Å². The van der Waals surface area contributed by atoms with Crippen molar-refractivity contribution < 1.29 is 17.6 Å². The van der Waals surface area contributed by atoms with Crippen LogP contribution in [0.4, 0.5) is 21.6 Å². The van der Waals surface area contributed by atoms with Crippen LogP contribution in [0.1, 0.15) is 15.9 Å². The molecule has 3 aromatic rings. The lowest BCUT2D eigenvalue weighted by Gasteiger charge is -2.13. The summed E-state index contributed by atoms with van der Waals surface area (Å²) in [6.45, 7) is 1.71. The Kier molecular flexibility index (Phi) is 6.02. The van der Waals surface area contributed by atoms with Gasteiger partial charge in [-0.2, -0.15) is 0 Å². The number of hydrogen-bond acceptors (Lipinski definition) is 5. The lowest BCUT2D eigenvalue weighted by molar-refractivity contribution is 0.102. The van der Waals surface area contributed by atoms with Gasteiger partial charge in [-0.3, -0.25) is 9.52 Å². The molecule has 9 heteroatoms. The number of aryl methyl sites for hydroxylation is 1. The molecular weight excluding hydrogens is 407 g/mol. The van der Waals surface area contributed by atoms with Crippen molar-refractivity contribution in [3.05, 3.63) is 77.7 Å². The Bertz CT molecular complexity index is 1160. The minimum atomic E-state index is -3.96. The highest BCUT2D eigenvalue weighted by molar-refractivity contribution is 7.92. The van der Waals surface area contributed by atoms with Gasteiger partial charge in [0.05, 0.1) is 16.8 Å². The van der Waals surface area contributed by atoms with Crippen molar-refractivity contribution >= 4 is 33.1 Å². The van der Waals surface area contributed by atoms with Crippen molar-refractivity contribution in [3.8, 4) is 0 Å². The van der Waals surface area contributed by atoms with Crippen LogP contribution < -0.4 is 14.9 Å². The zero-order valence-electron chi connectivity index (χ0n) is 16.7. The lowest BCUT2D eigenvalue weighted by Crippen LogP contribution is -2.17. The molecule has 1 heterocycles. The Labute approximate surface area is 174 Å². The number of carbonyl (C=O) groups excluding carboxylic acids is 1. The van der Waals surface area contributed by atoms with Gasteiger partial charge >= 0.3 is 0 Å². The molecule has 0 atom stereocenters. The van der Waals surface area contributed by atoms with E-state index in [0.717, 1.165) is 18.0 Å². The summed E-state index contributed by atoms with van der Waals surface area (Å²) in [7, 11) is -0.243. The molecule has 30 heavy (non-hydrogen) atoms. The van der Waals surface area contributed by atoms with E-state index >= 15 is 0 Å². The highest BCUT2D eigenvalue weighted by atomic mass is 32.2. The number of halogens is 1. The quantitative estimate of drug-likeness (QED) is 0.625. The molecule has 0 bridgehead atoms. The van der Waals surface area contributed by atoms with Crippen molar-refractivity contribution in [1.82, 2.24) is 4.98 Å². The van der Waals surface area contributed by atoms with E-state index in [4.69, 9.17) is 0 Å². The molecule has 0 aliphatic heterocycles. The van der Waals surface area contributed by atoms with Crippen LogP contribution in [0.2, 0.25) is 0 Å². The number of nitrogens with one attached hydrogen (secondary N) is 2. The first-order chi connectivity index (χ1) is 14.2. The van der Waals surface area contributed by atoms with E-state index in [0.29, 0.717) is 11.3 Å². The van der Waals surface area contributed by atoms with Crippen molar-refractivity contribution in [2.45, 2.75) is 11.8 Å². The van der Waals surface area contributed by atoms with Crippen LogP contribution in [0.5, 0.6) is 0 Å². The molecule has 0 saturated heterocycles. The Morgan fingerprint density at radius 3 is 2.27 bits per heavy atom. The molecule has 0 radical (unpaired) electrons. The zero-order valence-corrected chi connectivity index (χ0v) is 17.5. The van der Waals surface area contributed by atoms with Gasteiger partial charge in [-0.05, 0) is 61.0 Å². The van der Waals surface area contributed by atoms with E-state index in [1.54, 1.807) is 25.1 Å². The molecule has 2 N–H and O–H groups in total. The highest BCUT2D eigenvalue weighted by Gasteiger charge is 2.18. The van der Waals surface area contributed by atoms with E-state index in [1.165, 1.54) is 30.5 Å². The number of amides is 1. The summed E-state index contributed by atoms with van der Waals surface area (Å²) < 4.78 is 40.8. The van der Waals surface area contributed by atoms with Gasteiger partial charge in [0.1, 0.15) is 11.6 Å². The molecular formula is C21H21FN4O3S. The third-order valence-electron chi connectivity index (χ3n) is 4.32. The summed E-state index contributed by atoms with van der Waals surface area (Å²) in [6.07, 6.45) is 1.53. The molecule has 0 saturated carbocycles. The van der Waals surface area contributed by atoms with Gasteiger partial charge in [-0.15, -0.1) is 0 Å². The number of pyridine rings is 1. The SMILES string of the molecule is Cc1ccc(S(=O)(=O)Nc2ccc(F)cc2)cc1C(=O)Nc1ccc(N(C)C)nc1. The molecule has 3 rings (SSSR count). The van der Waals surface area contributed by atoms with Gasteiger partial charge in [0.15, 0.2) is 0 Å². The van der Waals surface area contributed by atoms with Gasteiger partial charge in [0.25, 0.3) is 15.9 Å². The zero-order chi connectivity index (χ0) is 21.9. The lowest BCUT2D eigenvalue weighted by atomic mass is 10.1. The van der Waals surface area contributed by atoms with Crippen LogP contribution in [0.25, 0.3) is 0 Å². The fraction of sp³-hybridized carbons (Fsp3) is 0.143. The number of aromatic nitrogens is 1. The van der Waals surface area contributed by atoms with Crippen LogP contribution >= 0.6 is 0 Å². The largest absolute Gasteiger partial charge is 0.363 e. The number of carbonyl (C=O) groups is 1. The fourth-order valence-corrected chi connectivity index (χ4v) is 3.75. The molecule has 1 aromatic heterocycles. The summed E-state index contributed by atoms with van der Waals surface area (Å²) in [6, 6.07) is 12.7. The minimum Gasteiger partial charge on any atom is -0.363 e. The number of benzene rings is 2. The van der Waals surface area contributed by atoms with Gasteiger partial charge in [0, 0.05) is 25.3 Å². The normalized spacial score (nSPS) is 11.1. The second kappa shape index (κ2) is 8.50. The van der Waals surface area contributed by atoms with Gasteiger partial charge < -0.3 is 10.2 Å². The maximum absolute atomic E-state index is 13.0. The first-order valence-corrected chi connectivity index (χ1v) is 10.5. The second-order valence-electron chi connectivity index (χ2n) is 6.84. The smallest absolute Gasteiger partial charge is 0.261 e. The first kappa shape index (κ1) is 21.3. The van der Waals surface area contributed by atoms with Crippen LogP contribution in [-0.4, -0.2) is 33.4 Å². The topological polar surface area (TPSA) is 91.4 Å².